The number of rotatable bonds is 7. The molecule has 144 valence electrons. The minimum atomic E-state index is -0.212. The van der Waals surface area contributed by atoms with Gasteiger partial charge in [-0.3, -0.25) is 4.79 Å². The number of carbonyl (C=O) groups excluding carboxylic acids is 1. The van der Waals surface area contributed by atoms with Gasteiger partial charge in [-0.2, -0.15) is 0 Å². The molecule has 1 aliphatic heterocycles. The fourth-order valence-electron chi connectivity index (χ4n) is 3.43. The van der Waals surface area contributed by atoms with E-state index in [1.165, 1.54) is 0 Å². The molecule has 0 spiro atoms. The molecule has 2 aromatic rings. The fraction of sp³-hybridized carbons (Fsp3) is 0.381. The number of nitrogens with one attached hydrogen (secondary N) is 1. The summed E-state index contributed by atoms with van der Waals surface area (Å²) in [6.07, 6.45) is 1.17. The molecule has 1 atom stereocenters. The lowest BCUT2D eigenvalue weighted by Gasteiger charge is -2.29. The van der Waals surface area contributed by atoms with Crippen molar-refractivity contribution in [3.05, 3.63) is 41.5 Å². The van der Waals surface area contributed by atoms with Crippen LogP contribution in [0.5, 0.6) is 23.0 Å². The van der Waals surface area contributed by atoms with E-state index in [2.05, 4.69) is 5.32 Å². The Hall–Kier alpha value is -2.89. The molecule has 27 heavy (non-hydrogen) atoms. The van der Waals surface area contributed by atoms with Gasteiger partial charge in [0, 0.05) is 35.6 Å². The minimum absolute atomic E-state index is 0.0629. The van der Waals surface area contributed by atoms with E-state index >= 15 is 0 Å². The zero-order chi connectivity index (χ0) is 19.4. The van der Waals surface area contributed by atoms with Crippen LogP contribution in [0.3, 0.4) is 0 Å². The largest absolute Gasteiger partial charge is 0.497 e. The lowest BCUT2D eigenvalue weighted by atomic mass is 9.83. The maximum atomic E-state index is 12.4. The molecule has 6 heteroatoms. The Morgan fingerprint density at radius 2 is 1.85 bits per heavy atom. The third-order valence-corrected chi connectivity index (χ3v) is 4.64. The van der Waals surface area contributed by atoms with E-state index in [9.17, 15) is 4.79 Å². The van der Waals surface area contributed by atoms with Gasteiger partial charge in [0.05, 0.1) is 33.6 Å². The van der Waals surface area contributed by atoms with E-state index in [0.717, 1.165) is 17.5 Å². The highest BCUT2D eigenvalue weighted by Crippen LogP contribution is 2.48. The maximum absolute atomic E-state index is 12.4. The summed E-state index contributed by atoms with van der Waals surface area (Å²) in [4.78, 5) is 12.4. The highest BCUT2D eigenvalue weighted by molar-refractivity contribution is 5.96. The summed E-state index contributed by atoms with van der Waals surface area (Å²) in [6, 6.07) is 9.40. The first-order valence-corrected chi connectivity index (χ1v) is 8.98. The topological polar surface area (TPSA) is 66.0 Å². The smallest absolute Gasteiger partial charge is 0.225 e. The first-order chi connectivity index (χ1) is 13.1. The second-order valence-electron chi connectivity index (χ2n) is 6.32. The molecule has 6 nitrogen and oxygen atoms in total. The van der Waals surface area contributed by atoms with Gasteiger partial charge in [0.2, 0.25) is 5.91 Å². The molecular weight excluding hydrogens is 346 g/mol. The van der Waals surface area contributed by atoms with E-state index < -0.39 is 0 Å². The Morgan fingerprint density at radius 3 is 2.52 bits per heavy atom. The van der Waals surface area contributed by atoms with Crippen LogP contribution in [0.4, 0.5) is 5.69 Å². The maximum Gasteiger partial charge on any atom is 0.225 e. The van der Waals surface area contributed by atoms with Crippen LogP contribution in [-0.2, 0) is 4.79 Å². The normalized spacial score (nSPS) is 15.6. The van der Waals surface area contributed by atoms with Gasteiger partial charge in [-0.1, -0.05) is 19.1 Å². The van der Waals surface area contributed by atoms with Crippen molar-refractivity contribution in [2.45, 2.75) is 25.7 Å². The van der Waals surface area contributed by atoms with Crippen LogP contribution < -0.4 is 24.3 Å². The summed E-state index contributed by atoms with van der Waals surface area (Å²) < 4.78 is 22.5. The van der Waals surface area contributed by atoms with Gasteiger partial charge in [0.25, 0.3) is 0 Å². The molecule has 0 saturated carbocycles. The number of benzene rings is 2. The van der Waals surface area contributed by atoms with Gasteiger partial charge < -0.3 is 24.3 Å². The number of anilines is 1. The molecule has 3 rings (SSSR count). The molecule has 0 aliphatic carbocycles. The summed E-state index contributed by atoms with van der Waals surface area (Å²) in [5.74, 6) is 2.34. The standard InChI is InChI=1S/C21H25NO5/c1-5-9-27-21-14(7-6-8-17(21)25-3)15-12-19(23)22-16-10-13(24-2)11-18(26-4)20(15)16/h6-8,10-11,15H,5,9,12H2,1-4H3,(H,22,23)/t15-/m1/s1. The Bertz CT molecular complexity index is 834. The highest BCUT2D eigenvalue weighted by Gasteiger charge is 2.33. The van der Waals surface area contributed by atoms with Crippen LogP contribution in [-0.4, -0.2) is 33.8 Å². The van der Waals surface area contributed by atoms with Gasteiger partial charge in [-0.05, 0) is 12.5 Å². The summed E-state index contributed by atoms with van der Waals surface area (Å²) in [5.41, 5.74) is 2.51. The van der Waals surface area contributed by atoms with E-state index in [4.69, 9.17) is 18.9 Å². The van der Waals surface area contributed by atoms with Crippen LogP contribution in [0.15, 0.2) is 30.3 Å². The monoisotopic (exact) mass is 371 g/mol. The van der Waals surface area contributed by atoms with Crippen LogP contribution in [0.1, 0.15) is 36.8 Å². The van der Waals surface area contributed by atoms with Crippen molar-refractivity contribution in [3.63, 3.8) is 0 Å². The molecular formula is C21H25NO5. The Labute approximate surface area is 159 Å². The first kappa shape index (κ1) is 18.9. The number of hydrogen-bond acceptors (Lipinski definition) is 5. The van der Waals surface area contributed by atoms with E-state index in [-0.39, 0.29) is 11.8 Å². The number of para-hydroxylation sites is 1. The highest BCUT2D eigenvalue weighted by atomic mass is 16.5. The first-order valence-electron chi connectivity index (χ1n) is 8.98. The Kier molecular flexibility index (Phi) is 5.74. The van der Waals surface area contributed by atoms with Crippen LogP contribution in [0, 0.1) is 0 Å². The lowest BCUT2D eigenvalue weighted by molar-refractivity contribution is -0.116. The third-order valence-electron chi connectivity index (χ3n) is 4.64. The lowest BCUT2D eigenvalue weighted by Crippen LogP contribution is -2.24. The van der Waals surface area contributed by atoms with Gasteiger partial charge in [0.1, 0.15) is 11.5 Å². The molecule has 1 heterocycles. The Balaban J connectivity index is 2.18. The predicted molar refractivity (Wildman–Crippen MR) is 103 cm³/mol. The van der Waals surface area contributed by atoms with Gasteiger partial charge >= 0.3 is 0 Å². The molecule has 1 aliphatic rings. The number of methoxy groups -OCH3 is 3. The molecule has 0 radical (unpaired) electrons. The second kappa shape index (κ2) is 8.20. The molecule has 1 N–H and O–H groups in total. The number of amides is 1. The molecule has 0 fully saturated rings. The average Bonchev–Trinajstić information content (AvgIpc) is 2.70. The van der Waals surface area contributed by atoms with E-state index in [0.29, 0.717) is 41.7 Å². The minimum Gasteiger partial charge on any atom is -0.497 e. The van der Waals surface area contributed by atoms with E-state index in [1.807, 2.05) is 37.3 Å². The summed E-state index contributed by atoms with van der Waals surface area (Å²) in [6.45, 7) is 2.62. The fourth-order valence-corrected chi connectivity index (χ4v) is 3.43. The number of fused-ring (bicyclic) bond motifs is 1. The Morgan fingerprint density at radius 1 is 1.07 bits per heavy atom. The van der Waals surface area contributed by atoms with Crippen molar-refractivity contribution in [1.82, 2.24) is 0 Å². The van der Waals surface area contributed by atoms with Crippen molar-refractivity contribution in [3.8, 4) is 23.0 Å². The molecule has 0 aromatic heterocycles. The SMILES string of the molecule is CCCOc1c(OC)cccc1[C@H]1CC(=O)Nc2cc(OC)cc(OC)c21. The van der Waals surface area contributed by atoms with Crippen molar-refractivity contribution in [2.24, 2.45) is 0 Å². The van der Waals surface area contributed by atoms with Crippen molar-refractivity contribution < 1.29 is 23.7 Å². The molecule has 2 aromatic carbocycles. The van der Waals surface area contributed by atoms with Crippen LogP contribution in [0.2, 0.25) is 0 Å². The van der Waals surface area contributed by atoms with E-state index in [1.54, 1.807) is 21.3 Å². The molecule has 0 unspecified atom stereocenters. The quantitative estimate of drug-likeness (QED) is 0.798. The molecule has 0 bridgehead atoms. The summed E-state index contributed by atoms with van der Waals surface area (Å²) >= 11 is 0. The summed E-state index contributed by atoms with van der Waals surface area (Å²) in [5, 5.41) is 2.93. The van der Waals surface area contributed by atoms with Gasteiger partial charge in [0.15, 0.2) is 11.5 Å². The molecule has 0 saturated heterocycles. The number of ether oxygens (including phenoxy) is 4. The summed E-state index contributed by atoms with van der Waals surface area (Å²) in [7, 11) is 4.82. The number of hydrogen-bond donors (Lipinski definition) is 1. The van der Waals surface area contributed by atoms with Gasteiger partial charge in [-0.25, -0.2) is 0 Å². The third kappa shape index (κ3) is 3.65. The van der Waals surface area contributed by atoms with Crippen molar-refractivity contribution >= 4 is 11.6 Å². The average molecular weight is 371 g/mol. The molecule has 1 amide bonds. The second-order valence-corrected chi connectivity index (χ2v) is 6.32. The zero-order valence-electron chi connectivity index (χ0n) is 16.1. The predicted octanol–water partition coefficient (Wildman–Crippen LogP) is 3.98. The van der Waals surface area contributed by atoms with Gasteiger partial charge in [-0.15, -0.1) is 0 Å². The van der Waals surface area contributed by atoms with Crippen LogP contribution >= 0.6 is 0 Å². The van der Waals surface area contributed by atoms with Crippen LogP contribution in [0.25, 0.3) is 0 Å². The number of carbonyl (C=O) groups is 1. The zero-order valence-corrected chi connectivity index (χ0v) is 16.1. The van der Waals surface area contributed by atoms with Crippen molar-refractivity contribution in [2.75, 3.05) is 33.3 Å². The van der Waals surface area contributed by atoms with Crippen molar-refractivity contribution in [1.29, 1.82) is 0 Å².